The number of nitrogens with zero attached hydrogens (tertiary/aromatic N) is 2. The van der Waals surface area contributed by atoms with Gasteiger partial charge in [-0.2, -0.15) is 4.99 Å². The molecule has 4 nitrogen and oxygen atoms in total. The van der Waals surface area contributed by atoms with Gasteiger partial charge in [0, 0.05) is 13.1 Å². The number of rotatable bonds is 3. The molecule has 0 saturated carbocycles. The number of amidine groups is 1. The number of benzene rings is 1. The van der Waals surface area contributed by atoms with Crippen molar-refractivity contribution in [2.75, 3.05) is 19.7 Å². The molecule has 1 aromatic carbocycles. The molecule has 1 amide bonds. The normalized spacial score (nSPS) is 23.3. The first-order chi connectivity index (χ1) is 11.2. The van der Waals surface area contributed by atoms with E-state index in [4.69, 9.17) is 4.74 Å². The Balaban J connectivity index is 1.69. The highest BCUT2D eigenvalue weighted by Gasteiger charge is 2.28. The number of amides is 1. The predicted molar refractivity (Wildman–Crippen MR) is 95.6 cm³/mol. The SMILES string of the molecule is CCOc1ccc(C=C2SC(N3CCCC(C)C3)=NC2=O)cc1. The van der Waals surface area contributed by atoms with Gasteiger partial charge in [-0.05, 0) is 61.2 Å². The van der Waals surface area contributed by atoms with E-state index in [1.54, 1.807) is 0 Å². The second-order valence-electron chi connectivity index (χ2n) is 6.01. The largest absolute Gasteiger partial charge is 0.494 e. The Hall–Kier alpha value is -1.75. The predicted octanol–water partition coefficient (Wildman–Crippen LogP) is 3.79. The summed E-state index contributed by atoms with van der Waals surface area (Å²) >= 11 is 1.49. The molecule has 3 rings (SSSR count). The fourth-order valence-electron chi connectivity index (χ4n) is 2.87. The maximum atomic E-state index is 12.2. The summed E-state index contributed by atoms with van der Waals surface area (Å²) in [5.41, 5.74) is 0.993. The molecule has 2 heterocycles. The monoisotopic (exact) mass is 330 g/mol. The minimum absolute atomic E-state index is 0.128. The van der Waals surface area contributed by atoms with Gasteiger partial charge in [-0.1, -0.05) is 19.1 Å². The Bertz CT molecular complexity index is 637. The molecule has 122 valence electrons. The van der Waals surface area contributed by atoms with Crippen molar-refractivity contribution >= 4 is 28.9 Å². The van der Waals surface area contributed by atoms with Gasteiger partial charge in [0.15, 0.2) is 5.17 Å². The maximum Gasteiger partial charge on any atom is 0.286 e. The van der Waals surface area contributed by atoms with Crippen LogP contribution in [0.2, 0.25) is 0 Å². The van der Waals surface area contributed by atoms with Gasteiger partial charge in [0.05, 0.1) is 11.5 Å². The van der Waals surface area contributed by atoms with Gasteiger partial charge in [-0.25, -0.2) is 0 Å². The lowest BCUT2D eigenvalue weighted by atomic mass is 10.0. The van der Waals surface area contributed by atoms with Crippen LogP contribution in [0, 0.1) is 5.92 Å². The number of hydrogen-bond acceptors (Lipinski definition) is 4. The zero-order chi connectivity index (χ0) is 16.2. The molecule has 0 radical (unpaired) electrons. The van der Waals surface area contributed by atoms with Crippen molar-refractivity contribution in [3.8, 4) is 5.75 Å². The van der Waals surface area contributed by atoms with E-state index in [2.05, 4.69) is 16.8 Å². The summed E-state index contributed by atoms with van der Waals surface area (Å²) in [5.74, 6) is 1.39. The molecule has 0 spiro atoms. The molecule has 23 heavy (non-hydrogen) atoms. The molecule has 5 heteroatoms. The number of hydrogen-bond donors (Lipinski definition) is 0. The minimum atomic E-state index is -0.128. The standard InChI is InChI=1S/C18H22N2O2S/c1-3-22-15-8-6-14(7-9-15)11-16-17(21)19-18(23-16)20-10-4-5-13(2)12-20/h6-9,11,13H,3-5,10,12H2,1-2H3. The topological polar surface area (TPSA) is 41.9 Å². The van der Waals surface area contributed by atoms with Crippen LogP contribution in [0.15, 0.2) is 34.2 Å². The van der Waals surface area contributed by atoms with E-state index < -0.39 is 0 Å². The van der Waals surface area contributed by atoms with Crippen molar-refractivity contribution in [3.63, 3.8) is 0 Å². The number of aliphatic imine (C=N–C) groups is 1. The Morgan fingerprint density at radius 3 is 2.87 bits per heavy atom. The van der Waals surface area contributed by atoms with E-state index in [9.17, 15) is 4.79 Å². The van der Waals surface area contributed by atoms with Crippen LogP contribution < -0.4 is 4.74 Å². The van der Waals surface area contributed by atoms with Crippen LogP contribution >= 0.6 is 11.8 Å². The minimum Gasteiger partial charge on any atom is -0.494 e. The first-order valence-electron chi connectivity index (χ1n) is 8.16. The molecular weight excluding hydrogens is 308 g/mol. The molecule has 1 atom stereocenters. The average molecular weight is 330 g/mol. The van der Waals surface area contributed by atoms with E-state index in [0.29, 0.717) is 17.4 Å². The van der Waals surface area contributed by atoms with Crippen molar-refractivity contribution in [2.24, 2.45) is 10.9 Å². The Morgan fingerprint density at radius 2 is 2.17 bits per heavy atom. The highest BCUT2D eigenvalue weighted by molar-refractivity contribution is 8.18. The van der Waals surface area contributed by atoms with Gasteiger partial charge in [0.25, 0.3) is 5.91 Å². The summed E-state index contributed by atoms with van der Waals surface area (Å²) in [6, 6.07) is 7.78. The number of carbonyl (C=O) groups excluding carboxylic acids is 1. The third-order valence-electron chi connectivity index (χ3n) is 4.03. The van der Waals surface area contributed by atoms with Gasteiger partial charge in [0.1, 0.15) is 5.75 Å². The number of ether oxygens (including phenoxy) is 1. The number of piperidine rings is 1. The lowest BCUT2D eigenvalue weighted by Crippen LogP contribution is -2.37. The van der Waals surface area contributed by atoms with Crippen LogP contribution in [0.5, 0.6) is 5.75 Å². The lowest BCUT2D eigenvalue weighted by molar-refractivity contribution is -0.113. The van der Waals surface area contributed by atoms with Crippen LogP contribution in [0.4, 0.5) is 0 Å². The first-order valence-corrected chi connectivity index (χ1v) is 8.97. The Labute approximate surface area is 141 Å². The maximum absolute atomic E-state index is 12.2. The number of thioether (sulfide) groups is 1. The molecule has 1 fully saturated rings. The van der Waals surface area contributed by atoms with Crippen molar-refractivity contribution in [1.82, 2.24) is 4.90 Å². The van der Waals surface area contributed by atoms with E-state index in [1.807, 2.05) is 37.3 Å². The Morgan fingerprint density at radius 1 is 1.39 bits per heavy atom. The molecule has 0 bridgehead atoms. The van der Waals surface area contributed by atoms with Crippen molar-refractivity contribution in [1.29, 1.82) is 0 Å². The summed E-state index contributed by atoms with van der Waals surface area (Å²) < 4.78 is 5.44. The van der Waals surface area contributed by atoms with E-state index in [0.717, 1.165) is 29.6 Å². The second kappa shape index (κ2) is 7.21. The van der Waals surface area contributed by atoms with Gasteiger partial charge in [-0.15, -0.1) is 0 Å². The van der Waals surface area contributed by atoms with E-state index in [1.165, 1.54) is 24.6 Å². The summed E-state index contributed by atoms with van der Waals surface area (Å²) in [6.45, 7) is 6.87. The molecule has 1 aromatic rings. The summed E-state index contributed by atoms with van der Waals surface area (Å²) in [7, 11) is 0. The summed E-state index contributed by atoms with van der Waals surface area (Å²) in [6.07, 6.45) is 4.34. The third-order valence-corrected chi connectivity index (χ3v) is 5.07. The molecule has 0 N–H and O–H groups in total. The van der Waals surface area contributed by atoms with Crippen molar-refractivity contribution in [2.45, 2.75) is 26.7 Å². The quantitative estimate of drug-likeness (QED) is 0.791. The van der Waals surface area contributed by atoms with Crippen molar-refractivity contribution in [3.05, 3.63) is 34.7 Å². The second-order valence-corrected chi connectivity index (χ2v) is 7.01. The molecule has 0 aliphatic carbocycles. The number of carbonyl (C=O) groups is 1. The van der Waals surface area contributed by atoms with E-state index >= 15 is 0 Å². The van der Waals surface area contributed by atoms with Gasteiger partial charge in [-0.3, -0.25) is 4.79 Å². The fraction of sp³-hybridized carbons (Fsp3) is 0.444. The van der Waals surface area contributed by atoms with Gasteiger partial charge >= 0.3 is 0 Å². The zero-order valence-corrected chi connectivity index (χ0v) is 14.4. The van der Waals surface area contributed by atoms with E-state index in [-0.39, 0.29) is 5.91 Å². The molecule has 2 aliphatic rings. The fourth-order valence-corrected chi connectivity index (χ4v) is 3.82. The van der Waals surface area contributed by atoms with Crippen molar-refractivity contribution < 1.29 is 9.53 Å². The van der Waals surface area contributed by atoms with Crippen LogP contribution in [0.25, 0.3) is 6.08 Å². The molecular formula is C18H22N2O2S. The van der Waals surface area contributed by atoms with Crippen LogP contribution in [0.3, 0.4) is 0 Å². The summed E-state index contributed by atoms with van der Waals surface area (Å²) in [5, 5.41) is 0.860. The molecule has 0 aromatic heterocycles. The van der Waals surface area contributed by atoms with Gasteiger partial charge < -0.3 is 9.64 Å². The van der Waals surface area contributed by atoms with Crippen LogP contribution in [0.1, 0.15) is 32.3 Å². The zero-order valence-electron chi connectivity index (χ0n) is 13.6. The molecule has 1 saturated heterocycles. The first kappa shape index (κ1) is 16.1. The third kappa shape index (κ3) is 3.96. The molecule has 1 unspecified atom stereocenters. The Kier molecular flexibility index (Phi) is 5.06. The average Bonchev–Trinajstić information content (AvgIpc) is 2.91. The number of likely N-dealkylation sites (tertiary alicyclic amines) is 1. The highest BCUT2D eigenvalue weighted by Crippen LogP contribution is 2.32. The van der Waals surface area contributed by atoms with Crippen LogP contribution in [-0.4, -0.2) is 35.7 Å². The summed E-state index contributed by atoms with van der Waals surface area (Å²) in [4.78, 5) is 19.3. The van der Waals surface area contributed by atoms with Gasteiger partial charge in [0.2, 0.25) is 0 Å². The van der Waals surface area contributed by atoms with Crippen LogP contribution in [-0.2, 0) is 4.79 Å². The highest BCUT2D eigenvalue weighted by atomic mass is 32.2. The molecule has 2 aliphatic heterocycles. The smallest absolute Gasteiger partial charge is 0.286 e. The lowest BCUT2D eigenvalue weighted by Gasteiger charge is -2.31.